The predicted molar refractivity (Wildman–Crippen MR) is 112 cm³/mol. The molecule has 4 nitrogen and oxygen atoms in total. The summed E-state index contributed by atoms with van der Waals surface area (Å²) in [4.78, 5) is 16.5. The van der Waals surface area contributed by atoms with Gasteiger partial charge < -0.3 is 9.47 Å². The third-order valence-electron chi connectivity index (χ3n) is 3.52. The number of hydrogen-bond donors (Lipinski definition) is 0. The molecule has 0 amide bonds. The van der Waals surface area contributed by atoms with Crippen molar-refractivity contribution in [3.63, 3.8) is 0 Å². The Hall–Kier alpha value is -1.86. The number of ether oxygens (including phenoxy) is 2. The third-order valence-corrected chi connectivity index (χ3v) is 4.52. The molecule has 2 aromatic carbocycles. The highest BCUT2D eigenvalue weighted by Gasteiger charge is 2.25. The lowest BCUT2D eigenvalue weighted by atomic mass is 10.2. The van der Waals surface area contributed by atoms with Gasteiger partial charge >= 0.3 is 5.97 Å². The smallest absolute Gasteiger partial charge is 0.363 e. The van der Waals surface area contributed by atoms with Crippen LogP contribution in [0.4, 0.5) is 0 Å². The zero-order valence-corrected chi connectivity index (χ0v) is 17.2. The standard InChI is InChI=1S/C20H17ClINO3/c1-12(2)11-25-15-5-3-4-13(8-15)9-18-20(24)26-19(23-18)16-10-14(22)6-7-17(16)21/h3-10,12H,11H2,1-2H3/b18-9-. The molecule has 0 N–H and O–H groups in total. The van der Waals surface area contributed by atoms with Gasteiger partial charge in [-0.3, -0.25) is 0 Å². The van der Waals surface area contributed by atoms with E-state index >= 15 is 0 Å². The first-order valence-electron chi connectivity index (χ1n) is 8.13. The zero-order valence-electron chi connectivity index (χ0n) is 14.3. The highest BCUT2D eigenvalue weighted by Crippen LogP contribution is 2.26. The van der Waals surface area contributed by atoms with Crippen LogP contribution in [-0.4, -0.2) is 18.5 Å². The summed E-state index contributed by atoms with van der Waals surface area (Å²) < 4.78 is 12.0. The molecule has 3 rings (SSSR count). The second-order valence-corrected chi connectivity index (χ2v) is 7.89. The van der Waals surface area contributed by atoms with Gasteiger partial charge in [0, 0.05) is 3.57 Å². The zero-order chi connectivity index (χ0) is 18.7. The molecule has 0 saturated carbocycles. The van der Waals surface area contributed by atoms with Crippen LogP contribution in [0.25, 0.3) is 6.08 Å². The number of carbonyl (C=O) groups excluding carboxylic acids is 1. The highest BCUT2D eigenvalue weighted by molar-refractivity contribution is 14.1. The van der Waals surface area contributed by atoms with Crippen molar-refractivity contribution < 1.29 is 14.3 Å². The Kier molecular flexibility index (Phi) is 5.98. The van der Waals surface area contributed by atoms with Gasteiger partial charge in [0.05, 0.1) is 17.2 Å². The van der Waals surface area contributed by atoms with Gasteiger partial charge in [-0.25, -0.2) is 9.79 Å². The summed E-state index contributed by atoms with van der Waals surface area (Å²) in [5, 5.41) is 0.488. The molecule has 0 aliphatic carbocycles. The van der Waals surface area contributed by atoms with Gasteiger partial charge in [-0.15, -0.1) is 0 Å². The van der Waals surface area contributed by atoms with E-state index in [-0.39, 0.29) is 11.6 Å². The summed E-state index contributed by atoms with van der Waals surface area (Å²) >= 11 is 8.37. The largest absolute Gasteiger partial charge is 0.493 e. The van der Waals surface area contributed by atoms with E-state index in [1.165, 1.54) is 0 Å². The van der Waals surface area contributed by atoms with Crippen molar-refractivity contribution in [2.75, 3.05) is 6.61 Å². The van der Waals surface area contributed by atoms with Crippen molar-refractivity contribution in [2.45, 2.75) is 13.8 Å². The lowest BCUT2D eigenvalue weighted by Crippen LogP contribution is -2.06. The molecular weight excluding hydrogens is 465 g/mol. The van der Waals surface area contributed by atoms with Crippen molar-refractivity contribution in [3.8, 4) is 5.75 Å². The molecule has 134 valence electrons. The molecule has 0 radical (unpaired) electrons. The van der Waals surface area contributed by atoms with Crippen LogP contribution in [0.1, 0.15) is 25.0 Å². The van der Waals surface area contributed by atoms with E-state index in [1.54, 1.807) is 12.1 Å². The molecular formula is C20H17ClINO3. The number of cyclic esters (lactones) is 1. The number of carbonyl (C=O) groups is 1. The summed E-state index contributed by atoms with van der Waals surface area (Å²) in [6.45, 7) is 4.81. The fourth-order valence-electron chi connectivity index (χ4n) is 2.30. The van der Waals surface area contributed by atoms with Crippen LogP contribution < -0.4 is 4.74 Å². The monoisotopic (exact) mass is 481 g/mol. The van der Waals surface area contributed by atoms with E-state index in [1.807, 2.05) is 36.4 Å². The van der Waals surface area contributed by atoms with E-state index in [9.17, 15) is 4.79 Å². The number of esters is 1. The van der Waals surface area contributed by atoms with Gasteiger partial charge in [0.1, 0.15) is 5.75 Å². The molecule has 1 aliphatic heterocycles. The highest BCUT2D eigenvalue weighted by atomic mass is 127. The Morgan fingerprint density at radius 3 is 2.85 bits per heavy atom. The first-order valence-corrected chi connectivity index (χ1v) is 9.59. The van der Waals surface area contributed by atoms with Crippen molar-refractivity contribution in [1.29, 1.82) is 0 Å². The second-order valence-electron chi connectivity index (χ2n) is 6.24. The Morgan fingerprint density at radius 1 is 1.27 bits per heavy atom. The van der Waals surface area contributed by atoms with Crippen LogP contribution in [0.3, 0.4) is 0 Å². The van der Waals surface area contributed by atoms with Crippen molar-refractivity contribution in [1.82, 2.24) is 0 Å². The van der Waals surface area contributed by atoms with E-state index in [2.05, 4.69) is 41.4 Å². The summed E-state index contributed by atoms with van der Waals surface area (Å²) in [6, 6.07) is 13.0. The van der Waals surface area contributed by atoms with E-state index in [4.69, 9.17) is 21.1 Å². The lowest BCUT2D eigenvalue weighted by Gasteiger charge is -2.08. The second kappa shape index (κ2) is 8.22. The average Bonchev–Trinajstić information content (AvgIpc) is 2.96. The summed E-state index contributed by atoms with van der Waals surface area (Å²) in [7, 11) is 0. The molecule has 0 aromatic heterocycles. The summed E-state index contributed by atoms with van der Waals surface area (Å²) in [5.41, 5.74) is 1.65. The third kappa shape index (κ3) is 4.65. The molecule has 0 spiro atoms. The predicted octanol–water partition coefficient (Wildman–Crippen LogP) is 5.32. The topological polar surface area (TPSA) is 47.9 Å². The van der Waals surface area contributed by atoms with Crippen LogP contribution in [-0.2, 0) is 9.53 Å². The van der Waals surface area contributed by atoms with Crippen molar-refractivity contribution in [3.05, 3.63) is 67.9 Å². The average molecular weight is 482 g/mol. The molecule has 1 heterocycles. The number of rotatable bonds is 5. The fourth-order valence-corrected chi connectivity index (χ4v) is 2.99. The number of halogens is 2. The quantitative estimate of drug-likeness (QED) is 0.330. The Morgan fingerprint density at radius 2 is 2.08 bits per heavy atom. The number of aliphatic imine (C=N–C) groups is 1. The molecule has 0 unspecified atom stereocenters. The Bertz CT molecular complexity index is 906. The first kappa shape index (κ1) is 18.9. The van der Waals surface area contributed by atoms with Crippen LogP contribution in [0.15, 0.2) is 53.2 Å². The molecule has 2 aromatic rings. The molecule has 0 fully saturated rings. The van der Waals surface area contributed by atoms with Gasteiger partial charge in [0.2, 0.25) is 5.90 Å². The van der Waals surface area contributed by atoms with Gasteiger partial charge in [-0.05, 0) is 70.5 Å². The minimum Gasteiger partial charge on any atom is -0.493 e. The maximum absolute atomic E-state index is 12.2. The maximum Gasteiger partial charge on any atom is 0.363 e. The minimum absolute atomic E-state index is 0.219. The molecule has 0 saturated heterocycles. The molecule has 0 bridgehead atoms. The normalized spacial score (nSPS) is 15.3. The SMILES string of the molecule is CC(C)COc1cccc(/C=C2\N=C(c3cc(I)ccc3Cl)OC2=O)c1. The van der Waals surface area contributed by atoms with Crippen LogP contribution in [0, 0.1) is 9.49 Å². The molecule has 26 heavy (non-hydrogen) atoms. The van der Waals surface area contributed by atoms with Gasteiger partial charge in [0.25, 0.3) is 0 Å². The fraction of sp³-hybridized carbons (Fsp3) is 0.200. The molecule has 1 aliphatic rings. The number of nitrogens with zero attached hydrogens (tertiary/aromatic N) is 1. The summed E-state index contributed by atoms with van der Waals surface area (Å²) in [5.74, 6) is 0.914. The molecule has 6 heteroatoms. The minimum atomic E-state index is -0.497. The maximum atomic E-state index is 12.2. The number of hydrogen-bond acceptors (Lipinski definition) is 4. The van der Waals surface area contributed by atoms with Gasteiger partial charge in [-0.1, -0.05) is 37.6 Å². The Labute approximate surface area is 171 Å². The van der Waals surface area contributed by atoms with Crippen LogP contribution >= 0.6 is 34.2 Å². The van der Waals surface area contributed by atoms with Gasteiger partial charge in [-0.2, -0.15) is 0 Å². The number of benzene rings is 2. The van der Waals surface area contributed by atoms with Gasteiger partial charge in [0.15, 0.2) is 5.70 Å². The summed E-state index contributed by atoms with van der Waals surface area (Å²) in [6.07, 6.45) is 1.68. The Balaban J connectivity index is 1.87. The van der Waals surface area contributed by atoms with Crippen LogP contribution in [0.5, 0.6) is 5.75 Å². The van der Waals surface area contributed by atoms with E-state index < -0.39 is 5.97 Å². The molecule has 0 atom stereocenters. The lowest BCUT2D eigenvalue weighted by molar-refractivity contribution is -0.129. The van der Waals surface area contributed by atoms with E-state index in [0.29, 0.717) is 23.1 Å². The first-order chi connectivity index (χ1) is 12.4. The van der Waals surface area contributed by atoms with Crippen LogP contribution in [0.2, 0.25) is 5.02 Å². The van der Waals surface area contributed by atoms with Crippen molar-refractivity contribution in [2.24, 2.45) is 10.9 Å². The van der Waals surface area contributed by atoms with Crippen molar-refractivity contribution >= 4 is 52.1 Å². The van der Waals surface area contributed by atoms with E-state index in [0.717, 1.165) is 14.9 Å².